The third-order valence-corrected chi connectivity index (χ3v) is 7.72. The van der Waals surface area contributed by atoms with Crippen molar-refractivity contribution in [2.45, 2.75) is 82.8 Å². The standard InChI is InChI=1S/C23H29ClFN5O2S/c1-6-33-21-27-17-15-13(26-19(24)16(17)25)9-11(2)18-14-8-7-12(10-29(18)20(15)28-21)30(14)22(31)32-23(3,4)5/h11-12,14,18H,6-10H2,1-5H3/t11-,12-,14+,18-/m1/s1. The highest BCUT2D eigenvalue weighted by Crippen LogP contribution is 2.45. The summed E-state index contributed by atoms with van der Waals surface area (Å²) in [5.74, 6) is 1.03. The maximum atomic E-state index is 15.1. The van der Waals surface area contributed by atoms with E-state index in [4.69, 9.17) is 21.3 Å². The highest BCUT2D eigenvalue weighted by molar-refractivity contribution is 7.99. The Hall–Kier alpha value is -1.87. The molecule has 0 aliphatic carbocycles. The number of aromatic nitrogens is 3. The molecule has 3 aliphatic rings. The van der Waals surface area contributed by atoms with E-state index in [1.807, 2.05) is 32.6 Å². The quantitative estimate of drug-likeness (QED) is 0.328. The number of nitrogens with zero attached hydrogens (tertiary/aromatic N) is 5. The Morgan fingerprint density at radius 2 is 2.03 bits per heavy atom. The summed E-state index contributed by atoms with van der Waals surface area (Å²) in [6, 6.07) is 0.0349. The van der Waals surface area contributed by atoms with Crippen LogP contribution in [-0.2, 0) is 11.2 Å². The van der Waals surface area contributed by atoms with Crippen molar-refractivity contribution in [1.82, 2.24) is 19.9 Å². The van der Waals surface area contributed by atoms with Gasteiger partial charge < -0.3 is 9.64 Å². The number of anilines is 1. The molecule has 33 heavy (non-hydrogen) atoms. The largest absolute Gasteiger partial charge is 0.444 e. The summed E-state index contributed by atoms with van der Waals surface area (Å²) in [7, 11) is 0. The fourth-order valence-corrected chi connectivity index (χ4v) is 6.40. The summed E-state index contributed by atoms with van der Waals surface area (Å²) in [4.78, 5) is 31.2. The van der Waals surface area contributed by atoms with Gasteiger partial charge >= 0.3 is 6.09 Å². The molecule has 178 valence electrons. The molecule has 5 heterocycles. The monoisotopic (exact) mass is 493 g/mol. The number of carbonyl (C=O) groups is 1. The zero-order valence-corrected chi connectivity index (χ0v) is 21.1. The van der Waals surface area contributed by atoms with E-state index in [9.17, 15) is 4.79 Å². The van der Waals surface area contributed by atoms with Gasteiger partial charge in [0.1, 0.15) is 16.9 Å². The second-order valence-electron chi connectivity index (χ2n) is 10.2. The van der Waals surface area contributed by atoms with Crippen molar-refractivity contribution < 1.29 is 13.9 Å². The van der Waals surface area contributed by atoms with Gasteiger partial charge in [-0.15, -0.1) is 0 Å². The molecule has 2 bridgehead atoms. The first-order valence-corrected chi connectivity index (χ1v) is 12.9. The molecule has 2 aromatic heterocycles. The average Bonchev–Trinajstić information content (AvgIpc) is 2.97. The average molecular weight is 494 g/mol. The molecule has 4 atom stereocenters. The minimum absolute atomic E-state index is 0.00414. The molecule has 0 radical (unpaired) electrons. The Kier molecular flexibility index (Phi) is 5.63. The number of carbonyl (C=O) groups excluding carboxylic acids is 1. The summed E-state index contributed by atoms with van der Waals surface area (Å²) >= 11 is 7.66. The topological polar surface area (TPSA) is 71.5 Å². The van der Waals surface area contributed by atoms with Gasteiger partial charge in [-0.2, -0.15) is 0 Å². The van der Waals surface area contributed by atoms with Gasteiger partial charge in [-0.05, 0) is 51.7 Å². The van der Waals surface area contributed by atoms with Gasteiger partial charge in [-0.25, -0.2) is 24.1 Å². The van der Waals surface area contributed by atoms with Crippen LogP contribution in [0.25, 0.3) is 10.9 Å². The van der Waals surface area contributed by atoms with Crippen LogP contribution >= 0.6 is 23.4 Å². The molecule has 2 fully saturated rings. The van der Waals surface area contributed by atoms with Crippen LogP contribution in [0.4, 0.5) is 15.0 Å². The lowest BCUT2D eigenvalue weighted by Crippen LogP contribution is -2.63. The van der Waals surface area contributed by atoms with Crippen LogP contribution in [-0.4, -0.2) is 62.0 Å². The second-order valence-corrected chi connectivity index (χ2v) is 11.7. The van der Waals surface area contributed by atoms with Crippen molar-refractivity contribution in [2.75, 3.05) is 17.2 Å². The van der Waals surface area contributed by atoms with Crippen molar-refractivity contribution in [2.24, 2.45) is 5.92 Å². The van der Waals surface area contributed by atoms with Gasteiger partial charge in [0, 0.05) is 6.54 Å². The van der Waals surface area contributed by atoms with Crippen LogP contribution in [0.1, 0.15) is 53.2 Å². The van der Waals surface area contributed by atoms with Crippen molar-refractivity contribution >= 4 is 46.2 Å². The van der Waals surface area contributed by atoms with Crippen LogP contribution in [0.3, 0.4) is 0 Å². The van der Waals surface area contributed by atoms with Crippen LogP contribution in [0.2, 0.25) is 5.15 Å². The zero-order valence-electron chi connectivity index (χ0n) is 19.6. The number of ether oxygens (including phenoxy) is 1. The third kappa shape index (κ3) is 3.81. The molecular formula is C23H29ClFN5O2S. The highest BCUT2D eigenvalue weighted by Gasteiger charge is 2.52. The first-order valence-electron chi connectivity index (χ1n) is 11.6. The van der Waals surface area contributed by atoms with E-state index in [-0.39, 0.29) is 40.8 Å². The molecule has 0 aromatic carbocycles. The fraction of sp³-hybridized carbons (Fsp3) is 0.652. The number of pyridine rings is 1. The van der Waals surface area contributed by atoms with E-state index in [0.29, 0.717) is 29.3 Å². The molecule has 5 rings (SSSR count). The summed E-state index contributed by atoms with van der Waals surface area (Å²) in [6.07, 6.45) is 2.16. The van der Waals surface area contributed by atoms with E-state index in [2.05, 4.69) is 21.8 Å². The minimum atomic E-state index is -0.599. The smallest absolute Gasteiger partial charge is 0.410 e. The number of hydrogen-bond donors (Lipinski definition) is 0. The number of rotatable bonds is 2. The Morgan fingerprint density at radius 1 is 1.27 bits per heavy atom. The Bertz CT molecular complexity index is 1130. The van der Waals surface area contributed by atoms with E-state index in [1.54, 1.807) is 0 Å². The maximum absolute atomic E-state index is 15.1. The number of piperazine rings is 1. The molecule has 0 saturated carbocycles. The molecular weight excluding hydrogens is 465 g/mol. The molecule has 7 nitrogen and oxygen atoms in total. The molecule has 10 heteroatoms. The molecule has 2 saturated heterocycles. The lowest BCUT2D eigenvalue weighted by molar-refractivity contribution is 0.00491. The summed E-state index contributed by atoms with van der Waals surface area (Å²) in [5, 5.41) is 1.03. The molecule has 2 aromatic rings. The van der Waals surface area contributed by atoms with Gasteiger partial charge in [0.15, 0.2) is 16.1 Å². The summed E-state index contributed by atoms with van der Waals surface area (Å²) < 4.78 is 20.9. The first-order chi connectivity index (χ1) is 15.6. The number of halogens is 2. The Morgan fingerprint density at radius 3 is 2.73 bits per heavy atom. The number of fused-ring (bicyclic) bond motifs is 5. The predicted molar refractivity (Wildman–Crippen MR) is 128 cm³/mol. The second kappa shape index (κ2) is 8.12. The Balaban J connectivity index is 1.64. The lowest BCUT2D eigenvalue weighted by atomic mass is 9.88. The molecule has 3 aliphatic heterocycles. The lowest BCUT2D eigenvalue weighted by Gasteiger charge is -2.49. The van der Waals surface area contributed by atoms with Gasteiger partial charge in [-0.3, -0.25) is 4.90 Å². The SMILES string of the molecule is CCSc1nc2c3c(nc(Cl)c(F)c3n1)C[C@@H](C)[C@@H]1[C@@H]3CC[C@H](CN21)N3C(=O)OC(C)(C)C. The minimum Gasteiger partial charge on any atom is -0.444 e. The van der Waals surface area contributed by atoms with Crippen LogP contribution in [0.5, 0.6) is 0 Å². The van der Waals surface area contributed by atoms with Gasteiger partial charge in [0.05, 0.1) is 29.2 Å². The summed E-state index contributed by atoms with van der Waals surface area (Å²) in [6.45, 7) is 10.5. The van der Waals surface area contributed by atoms with E-state index in [1.165, 1.54) is 11.8 Å². The summed E-state index contributed by atoms with van der Waals surface area (Å²) in [5.41, 5.74) is 0.407. The van der Waals surface area contributed by atoms with E-state index >= 15 is 4.39 Å². The first kappa shape index (κ1) is 22.9. The maximum Gasteiger partial charge on any atom is 0.410 e. The van der Waals surface area contributed by atoms with Crippen LogP contribution < -0.4 is 4.90 Å². The highest BCUT2D eigenvalue weighted by atomic mass is 35.5. The van der Waals surface area contributed by atoms with Crippen LogP contribution in [0, 0.1) is 11.7 Å². The van der Waals surface area contributed by atoms with Crippen LogP contribution in [0.15, 0.2) is 5.16 Å². The number of amides is 1. The zero-order chi connectivity index (χ0) is 23.7. The number of hydrogen-bond acceptors (Lipinski definition) is 7. The molecule has 0 unspecified atom stereocenters. The number of thioether (sulfide) groups is 1. The van der Waals surface area contributed by atoms with Gasteiger partial charge in [0.25, 0.3) is 0 Å². The molecule has 0 N–H and O–H groups in total. The van der Waals surface area contributed by atoms with Crippen molar-refractivity contribution in [1.29, 1.82) is 0 Å². The molecule has 1 amide bonds. The fourth-order valence-electron chi connectivity index (χ4n) is 5.65. The van der Waals surface area contributed by atoms with E-state index < -0.39 is 11.4 Å². The van der Waals surface area contributed by atoms with Crippen molar-refractivity contribution in [3.05, 3.63) is 16.7 Å². The van der Waals surface area contributed by atoms with E-state index in [0.717, 1.165) is 24.3 Å². The van der Waals surface area contributed by atoms with Gasteiger partial charge in [-0.1, -0.05) is 37.2 Å². The Labute approximate surface area is 202 Å². The molecule has 0 spiro atoms. The third-order valence-electron chi connectivity index (χ3n) is 6.74. The van der Waals surface area contributed by atoms with Gasteiger partial charge in [0.2, 0.25) is 0 Å². The van der Waals surface area contributed by atoms with Crippen molar-refractivity contribution in [3.63, 3.8) is 0 Å². The predicted octanol–water partition coefficient (Wildman–Crippen LogP) is 5.08. The van der Waals surface area contributed by atoms with Crippen molar-refractivity contribution in [3.8, 4) is 0 Å². The normalized spacial score (nSPS) is 26.4.